The van der Waals surface area contributed by atoms with Gasteiger partial charge in [-0.25, -0.2) is 0 Å². The Bertz CT molecular complexity index is 749. The van der Waals surface area contributed by atoms with Gasteiger partial charge >= 0.3 is 5.97 Å². The summed E-state index contributed by atoms with van der Waals surface area (Å²) in [7, 11) is 1.43. The highest BCUT2D eigenvalue weighted by molar-refractivity contribution is 6.16. The standard InChI is InChI=1S/C20H26N2O4/c1-3-12-11-22-8-7-20(16(22)9-13(12)10-17(24)26-2)19(25)18-14(21-20)5-4-6-15(18)23/h4-6,12-13,16,21,23H,3,7-11H2,1-2H3/t12-,13-,16-,20?/m1/s1. The summed E-state index contributed by atoms with van der Waals surface area (Å²) in [6, 6.07) is 5.22. The maximum absolute atomic E-state index is 13.3. The zero-order chi connectivity index (χ0) is 18.5. The van der Waals surface area contributed by atoms with Gasteiger partial charge in [0, 0.05) is 31.2 Å². The molecule has 26 heavy (non-hydrogen) atoms. The molecule has 3 aliphatic heterocycles. The number of aromatic hydroxyl groups is 1. The van der Waals surface area contributed by atoms with Crippen LogP contribution in [0.5, 0.6) is 5.75 Å². The molecule has 3 heterocycles. The molecular formula is C20H26N2O4. The van der Waals surface area contributed by atoms with Crippen molar-refractivity contribution in [2.24, 2.45) is 11.8 Å². The third-order valence-electron chi connectivity index (χ3n) is 6.68. The average molecular weight is 358 g/mol. The molecule has 1 aromatic carbocycles. The molecule has 0 aliphatic carbocycles. The second-order valence-electron chi connectivity index (χ2n) is 7.83. The van der Waals surface area contributed by atoms with Crippen LogP contribution in [0.2, 0.25) is 0 Å². The molecule has 3 aliphatic rings. The Kier molecular flexibility index (Phi) is 4.18. The molecule has 2 N–H and O–H groups in total. The molecule has 1 unspecified atom stereocenters. The first-order valence-electron chi connectivity index (χ1n) is 9.46. The van der Waals surface area contributed by atoms with Crippen molar-refractivity contribution in [2.45, 2.75) is 44.2 Å². The highest BCUT2D eigenvalue weighted by Crippen LogP contribution is 2.49. The molecule has 140 valence electrons. The SMILES string of the molecule is CC[C@@H]1CN2CCC3(Nc4cccc(O)c4C3=O)[C@H]2C[C@@H]1CC(=O)OC. The topological polar surface area (TPSA) is 78.9 Å². The van der Waals surface area contributed by atoms with Crippen LogP contribution in [0.1, 0.15) is 43.0 Å². The molecule has 6 nitrogen and oxygen atoms in total. The predicted octanol–water partition coefficient (Wildman–Crippen LogP) is 2.42. The number of hydrogen-bond donors (Lipinski definition) is 2. The van der Waals surface area contributed by atoms with E-state index in [9.17, 15) is 14.7 Å². The second kappa shape index (κ2) is 6.27. The summed E-state index contributed by atoms with van der Waals surface area (Å²) in [5.41, 5.74) is 0.448. The third kappa shape index (κ3) is 2.42. The molecule has 0 amide bonds. The van der Waals surface area contributed by atoms with Gasteiger partial charge in [-0.05, 0) is 36.8 Å². The molecule has 4 rings (SSSR count). The first kappa shape index (κ1) is 17.3. The third-order valence-corrected chi connectivity index (χ3v) is 6.68. The van der Waals surface area contributed by atoms with Crippen LogP contribution in [-0.2, 0) is 9.53 Å². The fourth-order valence-electron chi connectivity index (χ4n) is 5.28. The van der Waals surface area contributed by atoms with Crippen molar-refractivity contribution >= 4 is 17.4 Å². The summed E-state index contributed by atoms with van der Waals surface area (Å²) < 4.78 is 4.89. The van der Waals surface area contributed by atoms with Gasteiger partial charge in [0.25, 0.3) is 0 Å². The molecular weight excluding hydrogens is 332 g/mol. The summed E-state index contributed by atoms with van der Waals surface area (Å²) in [6.07, 6.45) is 2.94. The fraction of sp³-hybridized carbons (Fsp3) is 0.600. The van der Waals surface area contributed by atoms with E-state index >= 15 is 0 Å². The minimum atomic E-state index is -0.686. The van der Waals surface area contributed by atoms with E-state index in [2.05, 4.69) is 17.1 Å². The Morgan fingerprint density at radius 2 is 2.23 bits per heavy atom. The van der Waals surface area contributed by atoms with Crippen molar-refractivity contribution in [1.82, 2.24) is 4.90 Å². The van der Waals surface area contributed by atoms with Crippen molar-refractivity contribution in [3.63, 3.8) is 0 Å². The van der Waals surface area contributed by atoms with E-state index in [0.717, 1.165) is 38.0 Å². The molecule has 4 atom stereocenters. The molecule has 2 fully saturated rings. The number of ether oxygens (including phenoxy) is 1. The number of phenols is 1. The quantitative estimate of drug-likeness (QED) is 0.808. The lowest BCUT2D eigenvalue weighted by atomic mass is 9.73. The molecule has 1 spiro atoms. The van der Waals surface area contributed by atoms with Crippen molar-refractivity contribution in [2.75, 3.05) is 25.5 Å². The maximum atomic E-state index is 13.3. The Morgan fingerprint density at radius 1 is 1.42 bits per heavy atom. The number of methoxy groups -OCH3 is 1. The number of fused-ring (bicyclic) bond motifs is 3. The van der Waals surface area contributed by atoms with Gasteiger partial charge in [-0.2, -0.15) is 0 Å². The first-order valence-corrected chi connectivity index (χ1v) is 9.46. The zero-order valence-corrected chi connectivity index (χ0v) is 15.3. The number of esters is 1. The minimum absolute atomic E-state index is 0.00938. The number of anilines is 1. The van der Waals surface area contributed by atoms with Crippen LogP contribution in [0.4, 0.5) is 5.69 Å². The van der Waals surface area contributed by atoms with Gasteiger partial charge in [-0.1, -0.05) is 19.4 Å². The average Bonchev–Trinajstić information content (AvgIpc) is 3.13. The highest BCUT2D eigenvalue weighted by Gasteiger charge is 2.59. The summed E-state index contributed by atoms with van der Waals surface area (Å²) in [5, 5.41) is 13.6. The second-order valence-corrected chi connectivity index (χ2v) is 7.83. The van der Waals surface area contributed by atoms with Gasteiger partial charge in [0.15, 0.2) is 5.78 Å². The fourth-order valence-corrected chi connectivity index (χ4v) is 5.28. The molecule has 0 saturated carbocycles. The monoisotopic (exact) mass is 358 g/mol. The summed E-state index contributed by atoms with van der Waals surface area (Å²) in [6.45, 7) is 3.93. The molecule has 1 aromatic rings. The lowest BCUT2D eigenvalue weighted by Gasteiger charge is -2.44. The summed E-state index contributed by atoms with van der Waals surface area (Å²) >= 11 is 0. The maximum Gasteiger partial charge on any atom is 0.305 e. The number of Topliss-reactive ketones (excluding diaryl/α,β-unsaturated/α-hetero) is 1. The number of phenolic OH excluding ortho intramolecular Hbond substituents is 1. The van der Waals surface area contributed by atoms with E-state index < -0.39 is 5.54 Å². The van der Waals surface area contributed by atoms with E-state index in [1.807, 2.05) is 6.07 Å². The molecule has 0 bridgehead atoms. The summed E-state index contributed by atoms with van der Waals surface area (Å²) in [5.74, 6) is 0.512. The molecule has 6 heteroatoms. The Hall–Kier alpha value is -2.08. The Balaban J connectivity index is 1.64. The largest absolute Gasteiger partial charge is 0.507 e. The summed E-state index contributed by atoms with van der Waals surface area (Å²) in [4.78, 5) is 27.6. The minimum Gasteiger partial charge on any atom is -0.507 e. The highest BCUT2D eigenvalue weighted by atomic mass is 16.5. The van der Waals surface area contributed by atoms with E-state index in [1.165, 1.54) is 7.11 Å². The normalized spacial score (nSPS) is 33.0. The van der Waals surface area contributed by atoms with Gasteiger partial charge < -0.3 is 15.2 Å². The van der Waals surface area contributed by atoms with Crippen LogP contribution >= 0.6 is 0 Å². The first-order chi connectivity index (χ1) is 12.5. The van der Waals surface area contributed by atoms with E-state index in [1.54, 1.807) is 12.1 Å². The number of nitrogens with zero attached hydrogens (tertiary/aromatic N) is 1. The smallest absolute Gasteiger partial charge is 0.305 e. The Morgan fingerprint density at radius 3 is 2.92 bits per heavy atom. The van der Waals surface area contributed by atoms with Crippen LogP contribution in [0.15, 0.2) is 18.2 Å². The number of carbonyl (C=O) groups is 2. The zero-order valence-electron chi connectivity index (χ0n) is 15.3. The van der Waals surface area contributed by atoms with Crippen LogP contribution in [-0.4, -0.2) is 53.5 Å². The molecule has 2 saturated heterocycles. The van der Waals surface area contributed by atoms with Gasteiger partial charge in [-0.3, -0.25) is 14.5 Å². The van der Waals surface area contributed by atoms with Crippen molar-refractivity contribution in [1.29, 1.82) is 0 Å². The predicted molar refractivity (Wildman–Crippen MR) is 97.3 cm³/mol. The van der Waals surface area contributed by atoms with E-state index in [0.29, 0.717) is 17.9 Å². The van der Waals surface area contributed by atoms with Gasteiger partial charge in [0.2, 0.25) is 0 Å². The van der Waals surface area contributed by atoms with E-state index in [-0.39, 0.29) is 29.5 Å². The lowest BCUT2D eigenvalue weighted by molar-refractivity contribution is -0.143. The van der Waals surface area contributed by atoms with Crippen LogP contribution in [0.25, 0.3) is 0 Å². The van der Waals surface area contributed by atoms with Crippen LogP contribution in [0.3, 0.4) is 0 Å². The van der Waals surface area contributed by atoms with Crippen molar-refractivity contribution < 1.29 is 19.4 Å². The van der Waals surface area contributed by atoms with Gasteiger partial charge in [-0.15, -0.1) is 0 Å². The number of carbonyl (C=O) groups excluding carboxylic acids is 2. The van der Waals surface area contributed by atoms with Gasteiger partial charge in [0.1, 0.15) is 11.3 Å². The number of nitrogens with one attached hydrogen (secondary N) is 1. The Labute approximate surface area is 153 Å². The lowest BCUT2D eigenvalue weighted by Crippen LogP contribution is -2.57. The number of benzene rings is 1. The van der Waals surface area contributed by atoms with Crippen LogP contribution in [0, 0.1) is 11.8 Å². The number of ketones is 1. The van der Waals surface area contributed by atoms with E-state index in [4.69, 9.17) is 4.74 Å². The molecule has 0 radical (unpaired) electrons. The van der Waals surface area contributed by atoms with Gasteiger partial charge in [0.05, 0.1) is 12.7 Å². The van der Waals surface area contributed by atoms with Crippen molar-refractivity contribution in [3.05, 3.63) is 23.8 Å². The number of hydrogen-bond acceptors (Lipinski definition) is 6. The molecule has 0 aromatic heterocycles. The number of rotatable bonds is 3. The van der Waals surface area contributed by atoms with Crippen LogP contribution < -0.4 is 5.32 Å². The van der Waals surface area contributed by atoms with Crippen molar-refractivity contribution in [3.8, 4) is 5.75 Å². The number of piperidine rings is 1.